The molecular formula is C16H26ClN3. The molecule has 0 atom stereocenters. The van der Waals surface area contributed by atoms with Crippen LogP contribution >= 0.6 is 11.6 Å². The lowest BCUT2D eigenvalue weighted by Crippen LogP contribution is -2.43. The van der Waals surface area contributed by atoms with Gasteiger partial charge in [0.1, 0.15) is 0 Å². The van der Waals surface area contributed by atoms with Gasteiger partial charge >= 0.3 is 0 Å². The number of halogens is 1. The molecule has 0 aromatic heterocycles. The summed E-state index contributed by atoms with van der Waals surface area (Å²) >= 11 is 6.46. The van der Waals surface area contributed by atoms with E-state index in [1.807, 2.05) is 7.05 Å². The molecule has 0 amide bonds. The zero-order valence-corrected chi connectivity index (χ0v) is 13.6. The minimum absolute atomic E-state index is 0.602. The van der Waals surface area contributed by atoms with Crippen LogP contribution in [0.1, 0.15) is 25.3 Å². The molecule has 20 heavy (non-hydrogen) atoms. The molecule has 0 radical (unpaired) electrons. The molecule has 1 aliphatic heterocycles. The number of benzene rings is 1. The third-order valence-corrected chi connectivity index (χ3v) is 4.63. The number of nitrogens with zero attached hydrogens (tertiary/aromatic N) is 2. The van der Waals surface area contributed by atoms with Gasteiger partial charge in [-0.25, -0.2) is 0 Å². The van der Waals surface area contributed by atoms with Gasteiger partial charge in [-0.05, 0) is 44.1 Å². The SMILES string of the molecule is CCN1CCC(N(C)c2ccc(CNC)cc2Cl)CC1. The average molecular weight is 296 g/mol. The Bertz CT molecular complexity index is 428. The van der Waals surface area contributed by atoms with Gasteiger partial charge in [0.25, 0.3) is 0 Å². The van der Waals surface area contributed by atoms with E-state index in [1.54, 1.807) is 0 Å². The molecular weight excluding hydrogens is 270 g/mol. The van der Waals surface area contributed by atoms with Crippen LogP contribution in [-0.2, 0) is 6.54 Å². The molecule has 1 heterocycles. The van der Waals surface area contributed by atoms with Crippen LogP contribution in [0.25, 0.3) is 0 Å². The summed E-state index contributed by atoms with van der Waals surface area (Å²) in [6, 6.07) is 6.99. The third-order valence-electron chi connectivity index (χ3n) is 4.33. The molecule has 1 aromatic carbocycles. The summed E-state index contributed by atoms with van der Waals surface area (Å²) in [5, 5.41) is 4.02. The largest absolute Gasteiger partial charge is 0.370 e. The van der Waals surface area contributed by atoms with E-state index in [-0.39, 0.29) is 0 Å². The van der Waals surface area contributed by atoms with E-state index in [9.17, 15) is 0 Å². The van der Waals surface area contributed by atoms with E-state index in [1.165, 1.54) is 31.5 Å². The standard InChI is InChI=1S/C16H26ClN3/c1-4-20-9-7-14(8-10-20)19(3)16-6-5-13(12-18-2)11-15(16)17/h5-6,11,14,18H,4,7-10,12H2,1-3H3. The molecule has 112 valence electrons. The monoisotopic (exact) mass is 295 g/mol. The van der Waals surface area contributed by atoms with Crippen molar-refractivity contribution >= 4 is 17.3 Å². The minimum Gasteiger partial charge on any atom is -0.370 e. The summed E-state index contributed by atoms with van der Waals surface area (Å²) < 4.78 is 0. The topological polar surface area (TPSA) is 18.5 Å². The Kier molecular flexibility index (Phi) is 5.70. The summed E-state index contributed by atoms with van der Waals surface area (Å²) in [4.78, 5) is 4.88. The summed E-state index contributed by atoms with van der Waals surface area (Å²) in [5.41, 5.74) is 2.39. The van der Waals surface area contributed by atoms with Crippen LogP contribution in [0, 0.1) is 0 Å². The Balaban J connectivity index is 2.03. The van der Waals surface area contributed by atoms with Gasteiger partial charge in [-0.3, -0.25) is 0 Å². The van der Waals surface area contributed by atoms with Gasteiger partial charge in [-0.2, -0.15) is 0 Å². The summed E-state index contributed by atoms with van der Waals surface area (Å²) in [6.07, 6.45) is 2.44. The fourth-order valence-corrected chi connectivity index (χ4v) is 3.31. The van der Waals surface area contributed by atoms with Crippen LogP contribution in [0.2, 0.25) is 5.02 Å². The lowest BCUT2D eigenvalue weighted by Gasteiger charge is -2.37. The first-order valence-corrected chi connectivity index (χ1v) is 7.91. The molecule has 1 N–H and O–H groups in total. The maximum atomic E-state index is 6.46. The highest BCUT2D eigenvalue weighted by molar-refractivity contribution is 6.33. The molecule has 1 saturated heterocycles. The lowest BCUT2D eigenvalue weighted by molar-refractivity contribution is 0.221. The second-order valence-electron chi connectivity index (χ2n) is 5.59. The molecule has 0 spiro atoms. The quantitative estimate of drug-likeness (QED) is 0.901. The van der Waals surface area contributed by atoms with E-state index < -0.39 is 0 Å². The predicted octanol–water partition coefficient (Wildman–Crippen LogP) is 2.98. The highest BCUT2D eigenvalue weighted by atomic mass is 35.5. The van der Waals surface area contributed by atoms with Crippen molar-refractivity contribution in [2.75, 3.05) is 38.6 Å². The molecule has 0 unspecified atom stereocenters. The highest BCUT2D eigenvalue weighted by Crippen LogP contribution is 2.30. The van der Waals surface area contributed by atoms with Crippen molar-refractivity contribution in [1.82, 2.24) is 10.2 Å². The summed E-state index contributed by atoms with van der Waals surface area (Å²) in [6.45, 7) is 6.65. The van der Waals surface area contributed by atoms with E-state index in [2.05, 4.69) is 47.3 Å². The van der Waals surface area contributed by atoms with Crippen LogP contribution < -0.4 is 10.2 Å². The first-order chi connectivity index (χ1) is 9.65. The molecule has 3 nitrogen and oxygen atoms in total. The predicted molar refractivity (Wildman–Crippen MR) is 87.8 cm³/mol. The third kappa shape index (κ3) is 3.66. The second kappa shape index (κ2) is 7.30. The molecule has 4 heteroatoms. The van der Waals surface area contributed by atoms with Gasteiger partial charge in [0.05, 0.1) is 10.7 Å². The smallest absolute Gasteiger partial charge is 0.0642 e. The summed E-state index contributed by atoms with van der Waals surface area (Å²) in [7, 11) is 4.13. The van der Waals surface area contributed by atoms with E-state index >= 15 is 0 Å². The van der Waals surface area contributed by atoms with Gasteiger partial charge in [-0.15, -0.1) is 0 Å². The van der Waals surface area contributed by atoms with Gasteiger partial charge in [0.2, 0.25) is 0 Å². The van der Waals surface area contributed by atoms with Crippen LogP contribution in [0.15, 0.2) is 18.2 Å². The van der Waals surface area contributed by atoms with Gasteiger partial charge in [-0.1, -0.05) is 24.6 Å². The number of rotatable bonds is 5. The van der Waals surface area contributed by atoms with Crippen molar-refractivity contribution in [3.05, 3.63) is 28.8 Å². The normalized spacial score (nSPS) is 17.4. The van der Waals surface area contributed by atoms with Crippen molar-refractivity contribution in [3.63, 3.8) is 0 Å². The fraction of sp³-hybridized carbons (Fsp3) is 0.625. The molecule has 0 saturated carbocycles. The number of anilines is 1. The molecule has 1 aromatic rings. The Morgan fingerprint density at radius 3 is 2.60 bits per heavy atom. The van der Waals surface area contributed by atoms with Crippen LogP contribution in [0.4, 0.5) is 5.69 Å². The van der Waals surface area contributed by atoms with Crippen LogP contribution in [0.3, 0.4) is 0 Å². The van der Waals surface area contributed by atoms with Crippen LogP contribution in [0.5, 0.6) is 0 Å². The number of likely N-dealkylation sites (tertiary alicyclic amines) is 1. The maximum Gasteiger partial charge on any atom is 0.0642 e. The van der Waals surface area contributed by atoms with Crippen molar-refractivity contribution in [2.24, 2.45) is 0 Å². The number of hydrogen-bond acceptors (Lipinski definition) is 3. The average Bonchev–Trinajstić information content (AvgIpc) is 2.47. The van der Waals surface area contributed by atoms with Crippen molar-refractivity contribution in [1.29, 1.82) is 0 Å². The molecule has 1 aliphatic rings. The summed E-state index contributed by atoms with van der Waals surface area (Å²) in [5.74, 6) is 0. The fourth-order valence-electron chi connectivity index (χ4n) is 2.97. The second-order valence-corrected chi connectivity index (χ2v) is 6.00. The Labute approximate surface area is 127 Å². The molecule has 1 fully saturated rings. The van der Waals surface area contributed by atoms with Gasteiger partial charge in [0.15, 0.2) is 0 Å². The molecule has 0 aliphatic carbocycles. The van der Waals surface area contributed by atoms with Gasteiger partial charge < -0.3 is 15.1 Å². The highest BCUT2D eigenvalue weighted by Gasteiger charge is 2.22. The maximum absolute atomic E-state index is 6.46. The Morgan fingerprint density at radius 1 is 1.35 bits per heavy atom. The minimum atomic E-state index is 0.602. The first-order valence-electron chi connectivity index (χ1n) is 7.54. The number of nitrogens with one attached hydrogen (secondary N) is 1. The van der Waals surface area contributed by atoms with Crippen molar-refractivity contribution in [3.8, 4) is 0 Å². The van der Waals surface area contributed by atoms with E-state index in [4.69, 9.17) is 11.6 Å². The van der Waals surface area contributed by atoms with Crippen molar-refractivity contribution in [2.45, 2.75) is 32.4 Å². The number of hydrogen-bond donors (Lipinski definition) is 1. The van der Waals surface area contributed by atoms with E-state index in [0.29, 0.717) is 6.04 Å². The zero-order valence-electron chi connectivity index (χ0n) is 12.8. The van der Waals surface area contributed by atoms with Gasteiger partial charge in [0, 0.05) is 32.7 Å². The van der Waals surface area contributed by atoms with Crippen LogP contribution in [-0.4, -0.2) is 44.7 Å². The Morgan fingerprint density at radius 2 is 2.05 bits per heavy atom. The zero-order chi connectivity index (χ0) is 14.5. The lowest BCUT2D eigenvalue weighted by atomic mass is 10.0. The first kappa shape index (κ1) is 15.6. The van der Waals surface area contributed by atoms with Crippen molar-refractivity contribution < 1.29 is 0 Å². The molecule has 2 rings (SSSR count). The number of piperidine rings is 1. The Hall–Kier alpha value is -0.770. The molecule has 0 bridgehead atoms. The van der Waals surface area contributed by atoms with E-state index in [0.717, 1.165) is 23.8 Å².